The second kappa shape index (κ2) is 5.48. The van der Waals surface area contributed by atoms with E-state index in [1.54, 1.807) is 17.0 Å². The van der Waals surface area contributed by atoms with Crippen molar-refractivity contribution in [2.75, 3.05) is 20.1 Å². The van der Waals surface area contributed by atoms with E-state index in [2.05, 4.69) is 5.32 Å². The van der Waals surface area contributed by atoms with Gasteiger partial charge in [-0.05, 0) is 44.5 Å². The Morgan fingerprint density at radius 3 is 2.94 bits per heavy atom. The molecule has 1 heterocycles. The molecule has 0 aliphatic carbocycles. The highest BCUT2D eigenvalue weighted by atomic mass is 19.1. The number of piperidine rings is 1. The maximum Gasteiger partial charge on any atom is 0.256 e. The van der Waals surface area contributed by atoms with Crippen LogP contribution in [0.2, 0.25) is 0 Å². The molecule has 4 heteroatoms. The molecule has 1 atom stereocenters. The quantitative estimate of drug-likeness (QED) is 0.870. The first-order valence-corrected chi connectivity index (χ1v) is 6.34. The van der Waals surface area contributed by atoms with Crippen molar-refractivity contribution < 1.29 is 9.18 Å². The van der Waals surface area contributed by atoms with E-state index in [1.165, 1.54) is 6.07 Å². The molecule has 1 saturated heterocycles. The topological polar surface area (TPSA) is 32.3 Å². The van der Waals surface area contributed by atoms with Crippen LogP contribution < -0.4 is 5.32 Å². The van der Waals surface area contributed by atoms with Gasteiger partial charge in [-0.1, -0.05) is 6.07 Å². The Labute approximate surface area is 107 Å². The lowest BCUT2D eigenvalue weighted by Crippen LogP contribution is -2.47. The summed E-state index contributed by atoms with van der Waals surface area (Å²) in [5.74, 6) is -0.626. The fourth-order valence-corrected chi connectivity index (χ4v) is 2.36. The normalized spacial score (nSPS) is 19.9. The SMILES string of the molecule is CNC1CCCN(C(=O)c2ccc(C)cc2F)C1. The fraction of sp³-hybridized carbons (Fsp3) is 0.500. The van der Waals surface area contributed by atoms with Gasteiger partial charge in [0.05, 0.1) is 5.56 Å². The number of carbonyl (C=O) groups excluding carboxylic acids is 1. The molecule has 0 aromatic heterocycles. The molecule has 3 nitrogen and oxygen atoms in total. The molecule has 1 aliphatic rings. The van der Waals surface area contributed by atoms with Gasteiger partial charge in [0.2, 0.25) is 0 Å². The summed E-state index contributed by atoms with van der Waals surface area (Å²) < 4.78 is 13.8. The molecular weight excluding hydrogens is 231 g/mol. The van der Waals surface area contributed by atoms with Crippen LogP contribution in [0.15, 0.2) is 18.2 Å². The summed E-state index contributed by atoms with van der Waals surface area (Å²) in [6.07, 6.45) is 2.03. The second-order valence-electron chi connectivity index (χ2n) is 4.86. The highest BCUT2D eigenvalue weighted by molar-refractivity contribution is 5.94. The monoisotopic (exact) mass is 250 g/mol. The number of likely N-dealkylation sites (tertiary alicyclic amines) is 1. The van der Waals surface area contributed by atoms with E-state index in [0.29, 0.717) is 19.1 Å². The van der Waals surface area contributed by atoms with E-state index in [-0.39, 0.29) is 11.5 Å². The summed E-state index contributed by atoms with van der Waals surface area (Å²) in [5.41, 5.74) is 1.01. The molecule has 1 N–H and O–H groups in total. The first kappa shape index (κ1) is 13.0. The molecule has 0 bridgehead atoms. The average Bonchev–Trinajstić information content (AvgIpc) is 2.38. The lowest BCUT2D eigenvalue weighted by Gasteiger charge is -2.32. The Balaban J connectivity index is 2.15. The zero-order valence-electron chi connectivity index (χ0n) is 10.9. The number of likely N-dealkylation sites (N-methyl/N-ethyl adjacent to an activating group) is 1. The van der Waals surface area contributed by atoms with Gasteiger partial charge in [-0.25, -0.2) is 4.39 Å². The molecule has 18 heavy (non-hydrogen) atoms. The van der Waals surface area contributed by atoms with Gasteiger partial charge >= 0.3 is 0 Å². The molecule has 98 valence electrons. The molecule has 0 saturated carbocycles. The van der Waals surface area contributed by atoms with Crippen LogP contribution in [-0.4, -0.2) is 37.0 Å². The van der Waals surface area contributed by atoms with Gasteiger partial charge < -0.3 is 10.2 Å². The Morgan fingerprint density at radius 1 is 1.50 bits per heavy atom. The number of benzene rings is 1. The van der Waals surface area contributed by atoms with E-state index in [9.17, 15) is 9.18 Å². The van der Waals surface area contributed by atoms with Crippen LogP contribution in [0, 0.1) is 12.7 Å². The van der Waals surface area contributed by atoms with Crippen LogP contribution in [-0.2, 0) is 0 Å². The Kier molecular flexibility index (Phi) is 3.97. The van der Waals surface area contributed by atoms with Crippen LogP contribution in [0.4, 0.5) is 4.39 Å². The van der Waals surface area contributed by atoms with Gasteiger partial charge in [0.25, 0.3) is 5.91 Å². The van der Waals surface area contributed by atoms with Crippen molar-refractivity contribution in [3.8, 4) is 0 Å². The lowest BCUT2D eigenvalue weighted by atomic mass is 10.0. The number of nitrogens with one attached hydrogen (secondary N) is 1. The van der Waals surface area contributed by atoms with E-state index in [1.807, 2.05) is 14.0 Å². The number of halogens is 1. The van der Waals surface area contributed by atoms with Crippen molar-refractivity contribution >= 4 is 5.91 Å². The van der Waals surface area contributed by atoms with E-state index >= 15 is 0 Å². The van der Waals surface area contributed by atoms with Gasteiger partial charge in [-0.15, -0.1) is 0 Å². The van der Waals surface area contributed by atoms with E-state index in [0.717, 1.165) is 18.4 Å². The minimum atomic E-state index is -0.424. The molecule has 0 radical (unpaired) electrons. The van der Waals surface area contributed by atoms with Crippen LogP contribution in [0.3, 0.4) is 0 Å². The number of hydrogen-bond acceptors (Lipinski definition) is 2. The number of hydrogen-bond donors (Lipinski definition) is 1. The number of amides is 1. The predicted molar refractivity (Wildman–Crippen MR) is 69.1 cm³/mol. The Hall–Kier alpha value is -1.42. The standard InChI is InChI=1S/C14H19FN2O/c1-10-5-6-12(13(15)8-10)14(18)17-7-3-4-11(9-17)16-2/h5-6,8,11,16H,3-4,7,9H2,1-2H3. The molecule has 2 rings (SSSR count). The number of aryl methyl sites for hydroxylation is 1. The average molecular weight is 250 g/mol. The van der Waals surface area contributed by atoms with Crippen LogP contribution in [0.5, 0.6) is 0 Å². The predicted octanol–water partition coefficient (Wildman–Crippen LogP) is 1.96. The number of rotatable bonds is 2. The van der Waals surface area contributed by atoms with Crippen LogP contribution in [0.25, 0.3) is 0 Å². The summed E-state index contributed by atoms with van der Waals surface area (Å²) in [4.78, 5) is 14.0. The first-order chi connectivity index (χ1) is 8.61. The molecule has 1 unspecified atom stereocenters. The van der Waals surface area contributed by atoms with Crippen LogP contribution in [0.1, 0.15) is 28.8 Å². The van der Waals surface area contributed by atoms with Crippen molar-refractivity contribution in [3.05, 3.63) is 35.1 Å². The highest BCUT2D eigenvalue weighted by Gasteiger charge is 2.25. The van der Waals surface area contributed by atoms with Gasteiger partial charge in [0.1, 0.15) is 5.82 Å². The van der Waals surface area contributed by atoms with Gasteiger partial charge in [0.15, 0.2) is 0 Å². The molecule has 1 amide bonds. The fourth-order valence-electron chi connectivity index (χ4n) is 2.36. The maximum absolute atomic E-state index is 13.8. The zero-order chi connectivity index (χ0) is 13.1. The largest absolute Gasteiger partial charge is 0.337 e. The number of carbonyl (C=O) groups is 1. The van der Waals surface area contributed by atoms with Gasteiger partial charge in [-0.3, -0.25) is 4.79 Å². The summed E-state index contributed by atoms with van der Waals surface area (Å²) in [6, 6.07) is 5.08. The summed E-state index contributed by atoms with van der Waals surface area (Å²) >= 11 is 0. The van der Waals surface area contributed by atoms with Gasteiger partial charge in [0, 0.05) is 19.1 Å². The van der Waals surface area contributed by atoms with Crippen molar-refractivity contribution in [1.82, 2.24) is 10.2 Å². The van der Waals surface area contributed by atoms with E-state index in [4.69, 9.17) is 0 Å². The zero-order valence-corrected chi connectivity index (χ0v) is 10.9. The number of nitrogens with zero attached hydrogens (tertiary/aromatic N) is 1. The van der Waals surface area contributed by atoms with Crippen molar-refractivity contribution in [1.29, 1.82) is 0 Å². The summed E-state index contributed by atoms with van der Waals surface area (Å²) in [6.45, 7) is 3.18. The van der Waals surface area contributed by atoms with Gasteiger partial charge in [-0.2, -0.15) is 0 Å². The third kappa shape index (κ3) is 2.70. The molecule has 1 fully saturated rings. The molecule has 1 aromatic carbocycles. The molecular formula is C14H19FN2O. The minimum absolute atomic E-state index is 0.178. The third-order valence-corrected chi connectivity index (χ3v) is 3.47. The van der Waals surface area contributed by atoms with E-state index < -0.39 is 5.82 Å². The second-order valence-corrected chi connectivity index (χ2v) is 4.86. The smallest absolute Gasteiger partial charge is 0.256 e. The highest BCUT2D eigenvalue weighted by Crippen LogP contribution is 2.16. The molecule has 0 spiro atoms. The minimum Gasteiger partial charge on any atom is -0.337 e. The Morgan fingerprint density at radius 2 is 2.28 bits per heavy atom. The first-order valence-electron chi connectivity index (χ1n) is 6.34. The molecule has 1 aliphatic heterocycles. The summed E-state index contributed by atoms with van der Waals surface area (Å²) in [7, 11) is 1.89. The van der Waals surface area contributed by atoms with Crippen molar-refractivity contribution in [3.63, 3.8) is 0 Å². The maximum atomic E-state index is 13.8. The van der Waals surface area contributed by atoms with Crippen LogP contribution >= 0.6 is 0 Å². The summed E-state index contributed by atoms with van der Waals surface area (Å²) in [5, 5.41) is 3.18. The third-order valence-electron chi connectivity index (χ3n) is 3.47. The molecule has 1 aromatic rings. The van der Waals surface area contributed by atoms with Crippen molar-refractivity contribution in [2.45, 2.75) is 25.8 Å². The Bertz CT molecular complexity index is 447. The van der Waals surface area contributed by atoms with Crippen molar-refractivity contribution in [2.24, 2.45) is 0 Å². The lowest BCUT2D eigenvalue weighted by molar-refractivity contribution is 0.0693.